The predicted molar refractivity (Wildman–Crippen MR) is 113 cm³/mol. The molecule has 0 spiro atoms. The number of hydrogen-bond donors (Lipinski definition) is 3. The molecule has 0 bridgehead atoms. The fourth-order valence-electron chi connectivity index (χ4n) is 4.05. The van der Waals surface area contributed by atoms with E-state index < -0.39 is 12.1 Å². The number of phenols is 1. The van der Waals surface area contributed by atoms with E-state index in [1.54, 1.807) is 0 Å². The Labute approximate surface area is 172 Å². The lowest BCUT2D eigenvalue weighted by Crippen LogP contribution is -2.34. The summed E-state index contributed by atoms with van der Waals surface area (Å²) in [7, 11) is 0. The predicted octanol–water partition coefficient (Wildman–Crippen LogP) is 4.83. The molecular weight excluding hydrogens is 364 g/mol. The molecule has 2 aromatic carbocycles. The number of fused-ring (bicyclic) bond motifs is 1. The molecule has 3 N–H and O–H groups in total. The second-order valence-corrected chi connectivity index (χ2v) is 9.23. The summed E-state index contributed by atoms with van der Waals surface area (Å²) in [6.45, 7) is 11.0. The molecule has 0 heterocycles. The van der Waals surface area contributed by atoms with Crippen LogP contribution in [0.3, 0.4) is 0 Å². The van der Waals surface area contributed by atoms with Crippen molar-refractivity contribution in [2.45, 2.75) is 64.4 Å². The first kappa shape index (κ1) is 21.0. The highest BCUT2D eigenvalue weighted by atomic mass is 16.4. The zero-order valence-electron chi connectivity index (χ0n) is 17.6. The van der Waals surface area contributed by atoms with Crippen molar-refractivity contribution >= 4 is 5.97 Å². The van der Waals surface area contributed by atoms with Gasteiger partial charge in [-0.15, -0.1) is 0 Å². The van der Waals surface area contributed by atoms with Gasteiger partial charge < -0.3 is 15.3 Å². The van der Waals surface area contributed by atoms with Gasteiger partial charge in [0, 0.05) is 5.56 Å². The Morgan fingerprint density at radius 3 is 2.17 bits per heavy atom. The molecule has 0 aromatic heterocycles. The van der Waals surface area contributed by atoms with Crippen molar-refractivity contribution in [2.24, 2.45) is 0 Å². The maximum absolute atomic E-state index is 11.0. The molecule has 4 heteroatoms. The third-order valence-corrected chi connectivity index (χ3v) is 6.12. The summed E-state index contributed by atoms with van der Waals surface area (Å²) in [4.78, 5) is 11.0. The fourth-order valence-corrected chi connectivity index (χ4v) is 4.05. The topological polar surface area (TPSA) is 77.8 Å². The first-order valence-electron chi connectivity index (χ1n) is 9.84. The molecule has 4 nitrogen and oxygen atoms in total. The molecule has 1 aliphatic carbocycles. The van der Waals surface area contributed by atoms with Gasteiger partial charge in [-0.3, -0.25) is 0 Å². The van der Waals surface area contributed by atoms with Crippen LogP contribution < -0.4 is 0 Å². The van der Waals surface area contributed by atoms with Gasteiger partial charge in [0.15, 0.2) is 0 Å². The first-order valence-corrected chi connectivity index (χ1v) is 9.84. The van der Waals surface area contributed by atoms with Crippen LogP contribution in [-0.2, 0) is 10.8 Å². The van der Waals surface area contributed by atoms with Crippen molar-refractivity contribution in [3.8, 4) is 17.6 Å². The van der Waals surface area contributed by atoms with E-state index in [4.69, 9.17) is 5.11 Å². The number of carbonyl (C=O) groups is 1. The minimum absolute atomic E-state index is 0.0406. The number of aliphatic hydroxyl groups excluding tert-OH is 1. The minimum atomic E-state index is -1.20. The Morgan fingerprint density at radius 2 is 1.62 bits per heavy atom. The van der Waals surface area contributed by atoms with Crippen molar-refractivity contribution in [3.05, 3.63) is 63.7 Å². The van der Waals surface area contributed by atoms with E-state index in [0.29, 0.717) is 5.56 Å². The van der Waals surface area contributed by atoms with Gasteiger partial charge in [-0.2, -0.15) is 0 Å². The van der Waals surface area contributed by atoms with E-state index in [1.807, 2.05) is 6.92 Å². The summed E-state index contributed by atoms with van der Waals surface area (Å²) >= 11 is 0. The fraction of sp³-hybridized carbons (Fsp3) is 0.400. The summed E-state index contributed by atoms with van der Waals surface area (Å²) in [6, 6.07) is 8.41. The minimum Gasteiger partial charge on any atom is -0.507 e. The monoisotopic (exact) mass is 392 g/mol. The van der Waals surface area contributed by atoms with E-state index >= 15 is 0 Å². The number of benzene rings is 2. The van der Waals surface area contributed by atoms with E-state index in [-0.39, 0.29) is 22.1 Å². The number of aryl methyl sites for hydroxylation is 1. The smallest absolute Gasteiger partial charge is 0.339 e. The molecule has 152 valence electrons. The second kappa shape index (κ2) is 7.24. The number of carboxylic acid groups (broad SMARTS) is 1. The Bertz CT molecular complexity index is 1030. The van der Waals surface area contributed by atoms with Crippen LogP contribution in [0.25, 0.3) is 0 Å². The number of carboxylic acids is 1. The molecule has 0 fully saturated rings. The van der Waals surface area contributed by atoms with Crippen LogP contribution >= 0.6 is 0 Å². The molecule has 0 saturated carbocycles. The molecule has 0 radical (unpaired) electrons. The van der Waals surface area contributed by atoms with Crippen molar-refractivity contribution in [1.29, 1.82) is 0 Å². The third kappa shape index (κ3) is 4.02. The highest BCUT2D eigenvalue weighted by molar-refractivity contribution is 5.90. The number of aromatic carboxylic acids is 1. The van der Waals surface area contributed by atoms with Crippen molar-refractivity contribution in [2.75, 3.05) is 0 Å². The number of hydrogen-bond acceptors (Lipinski definition) is 3. The molecule has 1 unspecified atom stereocenters. The lowest BCUT2D eigenvalue weighted by molar-refractivity contribution is 0.0693. The standard InChI is InChI=1S/C25H28O4/c1-15-12-19-20(25(4,5)11-10-24(19,2)3)14-18(15)21(26)9-7-16-6-8-17(23(28)29)22(27)13-16/h6,8,12-14,21,26-27H,10-11H2,1-5H3,(H,28,29). The largest absolute Gasteiger partial charge is 0.507 e. The van der Waals surface area contributed by atoms with Gasteiger partial charge in [-0.05, 0) is 71.0 Å². The lowest BCUT2D eigenvalue weighted by atomic mass is 9.62. The molecule has 0 saturated heterocycles. The first-order chi connectivity index (χ1) is 13.4. The Morgan fingerprint density at radius 1 is 1.03 bits per heavy atom. The summed E-state index contributed by atoms with van der Waals surface area (Å²) in [5, 5.41) is 29.6. The molecule has 2 aromatic rings. The average molecular weight is 392 g/mol. The lowest BCUT2D eigenvalue weighted by Gasteiger charge is -2.42. The zero-order chi connectivity index (χ0) is 21.6. The average Bonchev–Trinajstić information content (AvgIpc) is 2.63. The Balaban J connectivity index is 1.98. The normalized spacial score (nSPS) is 17.6. The summed E-state index contributed by atoms with van der Waals surface area (Å²) < 4.78 is 0. The van der Waals surface area contributed by atoms with Gasteiger partial charge in [0.25, 0.3) is 0 Å². The summed E-state index contributed by atoms with van der Waals surface area (Å²) in [5.41, 5.74) is 4.81. The maximum atomic E-state index is 11.0. The van der Waals surface area contributed by atoms with E-state index in [2.05, 4.69) is 51.7 Å². The maximum Gasteiger partial charge on any atom is 0.339 e. The summed E-state index contributed by atoms with van der Waals surface area (Å²) in [6.07, 6.45) is 1.25. The SMILES string of the molecule is Cc1cc2c(cc1C(O)C#Cc1ccc(C(=O)O)c(O)c1)C(C)(C)CCC2(C)C. The second-order valence-electron chi connectivity index (χ2n) is 9.23. The highest BCUT2D eigenvalue weighted by Gasteiger charge is 2.37. The Kier molecular flexibility index (Phi) is 5.23. The van der Waals surface area contributed by atoms with E-state index in [0.717, 1.165) is 24.0 Å². The molecule has 29 heavy (non-hydrogen) atoms. The number of aromatic hydroxyl groups is 1. The molecule has 0 aliphatic heterocycles. The molecule has 1 atom stereocenters. The number of aliphatic hydroxyl groups is 1. The van der Waals surface area contributed by atoms with Gasteiger partial charge in [0.1, 0.15) is 17.4 Å². The zero-order valence-corrected chi connectivity index (χ0v) is 17.6. The Hall–Kier alpha value is -2.77. The van der Waals surface area contributed by atoms with Gasteiger partial charge in [0.05, 0.1) is 0 Å². The van der Waals surface area contributed by atoms with Crippen molar-refractivity contribution < 1.29 is 20.1 Å². The van der Waals surface area contributed by atoms with Gasteiger partial charge in [0.2, 0.25) is 0 Å². The summed E-state index contributed by atoms with van der Waals surface area (Å²) in [5.74, 6) is 4.14. The van der Waals surface area contributed by atoms with Crippen LogP contribution in [0, 0.1) is 18.8 Å². The molecule has 0 amide bonds. The van der Waals surface area contributed by atoms with Crippen LogP contribution in [0.5, 0.6) is 5.75 Å². The van der Waals surface area contributed by atoms with Crippen LogP contribution in [0.1, 0.15) is 84.8 Å². The molecular formula is C25H28O4. The molecule has 1 aliphatic rings. The molecule has 3 rings (SSSR count). The van der Waals surface area contributed by atoms with Crippen molar-refractivity contribution in [1.82, 2.24) is 0 Å². The highest BCUT2D eigenvalue weighted by Crippen LogP contribution is 2.47. The number of rotatable bonds is 2. The van der Waals surface area contributed by atoms with E-state index in [9.17, 15) is 15.0 Å². The van der Waals surface area contributed by atoms with Crippen LogP contribution in [0.2, 0.25) is 0 Å². The van der Waals surface area contributed by atoms with Gasteiger partial charge in [-0.1, -0.05) is 51.7 Å². The van der Waals surface area contributed by atoms with Crippen LogP contribution in [0.4, 0.5) is 0 Å². The van der Waals surface area contributed by atoms with E-state index in [1.165, 1.54) is 29.3 Å². The third-order valence-electron chi connectivity index (χ3n) is 6.12. The van der Waals surface area contributed by atoms with Crippen LogP contribution in [-0.4, -0.2) is 21.3 Å². The van der Waals surface area contributed by atoms with Gasteiger partial charge in [-0.25, -0.2) is 4.79 Å². The van der Waals surface area contributed by atoms with Crippen molar-refractivity contribution in [3.63, 3.8) is 0 Å². The quantitative estimate of drug-likeness (QED) is 0.640. The van der Waals surface area contributed by atoms with Crippen LogP contribution in [0.15, 0.2) is 30.3 Å². The van der Waals surface area contributed by atoms with Gasteiger partial charge >= 0.3 is 5.97 Å².